The number of hydrogen-bond donors (Lipinski definition) is 0. The van der Waals surface area contributed by atoms with Crippen molar-refractivity contribution < 1.29 is 8.78 Å². The first-order chi connectivity index (χ1) is 5.54. The van der Waals surface area contributed by atoms with Gasteiger partial charge in [-0.15, -0.1) is 0 Å². The monoisotopic (exact) mass is 347 g/mol. The molecule has 0 fully saturated rings. The van der Waals surface area contributed by atoms with Crippen molar-refractivity contribution in [2.75, 3.05) is 0 Å². The fourth-order valence-electron chi connectivity index (χ4n) is 0.791. The fraction of sp³-hybridized carbons (Fsp3) is 0.286. The van der Waals surface area contributed by atoms with Gasteiger partial charge in [0.15, 0.2) is 0 Å². The highest BCUT2D eigenvalue weighted by Crippen LogP contribution is 2.28. The van der Waals surface area contributed by atoms with Crippen LogP contribution < -0.4 is 0 Å². The normalized spacial score (nSPS) is 10.8. The maximum Gasteiger partial charge on any atom is 0.280 e. The van der Waals surface area contributed by atoms with Gasteiger partial charge >= 0.3 is 0 Å². The van der Waals surface area contributed by atoms with Crippen LogP contribution in [0.4, 0.5) is 8.78 Å². The highest BCUT2D eigenvalue weighted by Gasteiger charge is 2.15. The third-order valence-corrected chi connectivity index (χ3v) is 4.18. The van der Waals surface area contributed by atoms with Gasteiger partial charge in [0, 0.05) is 14.2 Å². The summed E-state index contributed by atoms with van der Waals surface area (Å²) in [5.41, 5.74) is 0.405. The van der Waals surface area contributed by atoms with E-state index in [4.69, 9.17) is 0 Å². The van der Waals surface area contributed by atoms with E-state index < -0.39 is 6.43 Å². The topological polar surface area (TPSA) is 12.9 Å². The third kappa shape index (κ3) is 1.93. The van der Waals surface area contributed by atoms with Crippen LogP contribution >= 0.6 is 38.5 Å². The third-order valence-electron chi connectivity index (χ3n) is 1.45. The van der Waals surface area contributed by atoms with Crippen molar-refractivity contribution in [3.05, 3.63) is 25.5 Å². The Bertz CT molecular complexity index is 304. The van der Waals surface area contributed by atoms with E-state index in [1.807, 2.05) is 22.6 Å². The number of nitrogens with zero attached hydrogens (tertiary/aromatic N) is 1. The van der Waals surface area contributed by atoms with E-state index in [2.05, 4.69) is 20.9 Å². The molecule has 0 unspecified atom stereocenters. The summed E-state index contributed by atoms with van der Waals surface area (Å²) in [5.74, 6) is 0. The molecule has 0 aromatic carbocycles. The number of hydrogen-bond acceptors (Lipinski definition) is 1. The molecule has 1 nitrogen and oxygen atoms in total. The minimum Gasteiger partial charge on any atom is -0.254 e. The van der Waals surface area contributed by atoms with E-state index in [0.717, 1.165) is 8.04 Å². The predicted octanol–water partition coefficient (Wildman–Crippen LogP) is 3.69. The maximum atomic E-state index is 12.3. The van der Waals surface area contributed by atoms with Crippen molar-refractivity contribution in [2.45, 2.75) is 13.3 Å². The van der Waals surface area contributed by atoms with E-state index in [1.165, 1.54) is 6.20 Å². The zero-order valence-corrected chi connectivity index (χ0v) is 9.86. The molecule has 1 rings (SSSR count). The second-order valence-electron chi connectivity index (χ2n) is 2.23. The van der Waals surface area contributed by atoms with Gasteiger partial charge < -0.3 is 0 Å². The van der Waals surface area contributed by atoms with Gasteiger partial charge in [-0.3, -0.25) is 4.98 Å². The van der Waals surface area contributed by atoms with Gasteiger partial charge in [0.05, 0.1) is 0 Å². The Balaban J connectivity index is 3.27. The second-order valence-corrected chi connectivity index (χ2v) is 4.16. The largest absolute Gasteiger partial charge is 0.280 e. The lowest BCUT2D eigenvalue weighted by Crippen LogP contribution is -1.97. The lowest BCUT2D eigenvalue weighted by Gasteiger charge is -2.06. The van der Waals surface area contributed by atoms with Crippen LogP contribution in [0.15, 0.2) is 10.7 Å². The molecule has 0 atom stereocenters. The Kier molecular flexibility index (Phi) is 3.39. The van der Waals surface area contributed by atoms with Crippen LogP contribution in [0.25, 0.3) is 0 Å². The van der Waals surface area contributed by atoms with Gasteiger partial charge in [0.25, 0.3) is 6.43 Å². The zero-order valence-electron chi connectivity index (χ0n) is 6.11. The van der Waals surface area contributed by atoms with Gasteiger partial charge in [-0.05, 0) is 51.0 Å². The molecule has 1 aromatic heterocycles. The Morgan fingerprint density at radius 2 is 2.17 bits per heavy atom. The predicted molar refractivity (Wildman–Crippen MR) is 54.3 cm³/mol. The summed E-state index contributed by atoms with van der Waals surface area (Å²) in [6.07, 6.45) is -1.09. The van der Waals surface area contributed by atoms with E-state index in [0.29, 0.717) is 5.56 Å². The summed E-state index contributed by atoms with van der Waals surface area (Å²) in [5, 5.41) is 0. The molecular weight excluding hydrogens is 343 g/mol. The molecule has 0 saturated carbocycles. The molecule has 5 heteroatoms. The van der Waals surface area contributed by atoms with E-state index in [1.54, 1.807) is 6.92 Å². The molecule has 12 heavy (non-hydrogen) atoms. The van der Waals surface area contributed by atoms with Gasteiger partial charge in [-0.1, -0.05) is 0 Å². The van der Waals surface area contributed by atoms with Crippen LogP contribution in [0.2, 0.25) is 0 Å². The molecule has 0 aliphatic carbocycles. The molecule has 0 spiro atoms. The summed E-state index contributed by atoms with van der Waals surface area (Å²) >= 11 is 5.22. The lowest BCUT2D eigenvalue weighted by molar-refractivity contribution is 0.145. The Labute approximate surface area is 90.8 Å². The Morgan fingerprint density at radius 3 is 2.67 bits per heavy atom. The molecule has 0 N–H and O–H groups in total. The van der Waals surface area contributed by atoms with E-state index in [-0.39, 0.29) is 5.69 Å². The van der Waals surface area contributed by atoms with Gasteiger partial charge in [0.1, 0.15) is 5.69 Å². The smallest absolute Gasteiger partial charge is 0.254 e. The van der Waals surface area contributed by atoms with E-state index in [9.17, 15) is 8.78 Å². The number of pyridine rings is 1. The SMILES string of the molecule is Cc1c(C(F)F)ncc(Br)c1I. The number of halogens is 4. The van der Waals surface area contributed by atoms with Crippen molar-refractivity contribution in [3.8, 4) is 0 Å². The fourth-order valence-corrected chi connectivity index (χ4v) is 1.61. The van der Waals surface area contributed by atoms with Crippen molar-refractivity contribution >= 4 is 38.5 Å². The summed E-state index contributed by atoms with van der Waals surface area (Å²) < 4.78 is 26.1. The quantitative estimate of drug-likeness (QED) is 0.706. The number of alkyl halides is 2. The number of rotatable bonds is 1. The second kappa shape index (κ2) is 3.95. The van der Waals surface area contributed by atoms with Crippen LogP contribution in [0.3, 0.4) is 0 Å². The van der Waals surface area contributed by atoms with Crippen LogP contribution in [0.5, 0.6) is 0 Å². The van der Waals surface area contributed by atoms with Crippen LogP contribution in [-0.2, 0) is 0 Å². The first-order valence-electron chi connectivity index (χ1n) is 3.12. The molecule has 0 saturated heterocycles. The van der Waals surface area contributed by atoms with Crippen molar-refractivity contribution in [2.24, 2.45) is 0 Å². The summed E-state index contributed by atoms with van der Waals surface area (Å²) in [6.45, 7) is 1.64. The van der Waals surface area contributed by atoms with Crippen molar-refractivity contribution in [1.29, 1.82) is 0 Å². The zero-order chi connectivity index (χ0) is 9.30. The Morgan fingerprint density at radius 1 is 1.58 bits per heavy atom. The van der Waals surface area contributed by atoms with Crippen molar-refractivity contribution in [1.82, 2.24) is 4.98 Å². The lowest BCUT2D eigenvalue weighted by atomic mass is 10.2. The minimum absolute atomic E-state index is 0.136. The average Bonchev–Trinajstić information content (AvgIpc) is 2.00. The van der Waals surface area contributed by atoms with Crippen LogP contribution in [0.1, 0.15) is 17.7 Å². The van der Waals surface area contributed by atoms with Crippen molar-refractivity contribution in [3.63, 3.8) is 0 Å². The highest BCUT2D eigenvalue weighted by molar-refractivity contribution is 14.1. The van der Waals surface area contributed by atoms with Gasteiger partial charge in [-0.2, -0.15) is 0 Å². The molecule has 66 valence electrons. The first kappa shape index (κ1) is 10.3. The standard InChI is InChI=1S/C7H5BrF2IN/c1-3-5(11)4(8)2-12-6(3)7(9)10/h2,7H,1H3. The average molecular weight is 348 g/mol. The van der Waals surface area contributed by atoms with Crippen LogP contribution in [0, 0.1) is 10.5 Å². The number of aromatic nitrogens is 1. The van der Waals surface area contributed by atoms with Gasteiger partial charge in [0.2, 0.25) is 0 Å². The molecule has 0 amide bonds. The first-order valence-corrected chi connectivity index (χ1v) is 5.00. The summed E-state index contributed by atoms with van der Waals surface area (Å²) in [6, 6.07) is 0. The van der Waals surface area contributed by atoms with Crippen LogP contribution in [-0.4, -0.2) is 4.98 Å². The minimum atomic E-state index is -2.49. The molecular formula is C7H5BrF2IN. The molecule has 0 radical (unpaired) electrons. The molecule has 0 aliphatic rings. The molecule has 0 bridgehead atoms. The highest BCUT2D eigenvalue weighted by atomic mass is 127. The van der Waals surface area contributed by atoms with Gasteiger partial charge in [-0.25, -0.2) is 8.78 Å². The molecule has 1 aromatic rings. The molecule has 1 heterocycles. The summed E-state index contributed by atoms with van der Waals surface area (Å²) in [7, 11) is 0. The maximum absolute atomic E-state index is 12.3. The Hall–Kier alpha value is 0.220. The van der Waals surface area contributed by atoms with E-state index >= 15 is 0 Å². The molecule has 0 aliphatic heterocycles. The summed E-state index contributed by atoms with van der Waals surface area (Å²) in [4.78, 5) is 3.64.